The quantitative estimate of drug-likeness (QED) is 0.543. The Hall–Kier alpha value is -0.940. The molecule has 0 aromatic heterocycles. The maximum atomic E-state index is 11.3. The van der Waals surface area contributed by atoms with Gasteiger partial charge in [0.25, 0.3) is 0 Å². The van der Waals surface area contributed by atoms with Gasteiger partial charge in [0.2, 0.25) is 0 Å². The minimum atomic E-state index is -0.432. The third-order valence-corrected chi connectivity index (χ3v) is 2.92. The van der Waals surface area contributed by atoms with E-state index in [1.54, 1.807) is 6.92 Å². The fourth-order valence-corrected chi connectivity index (χ4v) is 1.92. The molecule has 104 valence electrons. The molecule has 1 aliphatic heterocycles. The minimum Gasteiger partial charge on any atom is -0.467 e. The normalized spacial score (nSPS) is 20.0. The number of hydrogen-bond acceptors (Lipinski definition) is 5. The standard InChI is InChI=1S/C13H24N2O3/c1-11(12(16)17-4)14-9-13(2,3)10-15-5-7-18-8-6-15/h9,11H,5-8,10H2,1-4H3. The van der Waals surface area contributed by atoms with E-state index in [0.29, 0.717) is 0 Å². The van der Waals surface area contributed by atoms with E-state index in [2.05, 4.69) is 28.5 Å². The number of rotatable bonds is 5. The Labute approximate surface area is 109 Å². The highest BCUT2D eigenvalue weighted by molar-refractivity contribution is 5.78. The lowest BCUT2D eigenvalue weighted by molar-refractivity contribution is -0.141. The van der Waals surface area contributed by atoms with Crippen LogP contribution < -0.4 is 0 Å². The second kappa shape index (κ2) is 6.85. The van der Waals surface area contributed by atoms with Gasteiger partial charge < -0.3 is 9.47 Å². The molecule has 18 heavy (non-hydrogen) atoms. The van der Waals surface area contributed by atoms with Crippen LogP contribution in [-0.2, 0) is 14.3 Å². The first kappa shape index (κ1) is 15.1. The van der Waals surface area contributed by atoms with Crippen molar-refractivity contribution in [3.05, 3.63) is 0 Å². The van der Waals surface area contributed by atoms with Crippen LogP contribution in [0, 0.1) is 5.41 Å². The van der Waals surface area contributed by atoms with Gasteiger partial charge in [0.1, 0.15) is 6.04 Å². The lowest BCUT2D eigenvalue weighted by atomic mass is 9.94. The average molecular weight is 256 g/mol. The number of morpholine rings is 1. The Bertz CT molecular complexity index is 297. The second-order valence-electron chi connectivity index (χ2n) is 5.35. The van der Waals surface area contributed by atoms with Crippen LogP contribution in [-0.4, -0.2) is 63.1 Å². The van der Waals surface area contributed by atoms with E-state index in [0.717, 1.165) is 32.8 Å². The van der Waals surface area contributed by atoms with Gasteiger partial charge in [-0.3, -0.25) is 9.89 Å². The van der Waals surface area contributed by atoms with E-state index in [4.69, 9.17) is 4.74 Å². The van der Waals surface area contributed by atoms with Crippen LogP contribution in [0.4, 0.5) is 0 Å². The summed E-state index contributed by atoms with van der Waals surface area (Å²) < 4.78 is 9.97. The fourth-order valence-electron chi connectivity index (χ4n) is 1.92. The molecule has 0 aromatic carbocycles. The Balaban J connectivity index is 2.46. The Morgan fingerprint density at radius 2 is 2.11 bits per heavy atom. The van der Waals surface area contributed by atoms with E-state index < -0.39 is 6.04 Å². The van der Waals surface area contributed by atoms with Crippen LogP contribution >= 0.6 is 0 Å². The SMILES string of the molecule is COC(=O)C(C)N=CC(C)(C)CN1CCOCC1. The van der Waals surface area contributed by atoms with Crippen molar-refractivity contribution < 1.29 is 14.3 Å². The van der Waals surface area contributed by atoms with Crippen molar-refractivity contribution in [2.45, 2.75) is 26.8 Å². The summed E-state index contributed by atoms with van der Waals surface area (Å²) in [5.74, 6) is -0.298. The van der Waals surface area contributed by atoms with Gasteiger partial charge in [-0.2, -0.15) is 0 Å². The monoisotopic (exact) mass is 256 g/mol. The number of nitrogens with zero attached hydrogens (tertiary/aromatic N) is 2. The largest absolute Gasteiger partial charge is 0.467 e. The predicted octanol–water partition coefficient (Wildman–Crippen LogP) is 0.977. The van der Waals surface area contributed by atoms with E-state index in [9.17, 15) is 4.79 Å². The lowest BCUT2D eigenvalue weighted by Crippen LogP contribution is -2.42. The molecule has 0 spiro atoms. The Morgan fingerprint density at radius 1 is 1.50 bits per heavy atom. The second-order valence-corrected chi connectivity index (χ2v) is 5.35. The van der Waals surface area contributed by atoms with Crippen LogP contribution in [0.25, 0.3) is 0 Å². The molecule has 1 heterocycles. The summed E-state index contributed by atoms with van der Waals surface area (Å²) in [7, 11) is 1.38. The van der Waals surface area contributed by atoms with Crippen molar-refractivity contribution in [2.24, 2.45) is 10.4 Å². The maximum Gasteiger partial charge on any atom is 0.330 e. The average Bonchev–Trinajstić information content (AvgIpc) is 2.35. The van der Waals surface area contributed by atoms with Crippen molar-refractivity contribution in [3.8, 4) is 0 Å². The topological polar surface area (TPSA) is 51.1 Å². The number of ether oxygens (including phenoxy) is 2. The highest BCUT2D eigenvalue weighted by Gasteiger charge is 2.22. The smallest absolute Gasteiger partial charge is 0.330 e. The molecule has 5 nitrogen and oxygen atoms in total. The summed E-state index contributed by atoms with van der Waals surface area (Å²) in [6, 6.07) is -0.432. The van der Waals surface area contributed by atoms with Gasteiger partial charge in [0.05, 0.1) is 20.3 Å². The number of esters is 1. The third-order valence-electron chi connectivity index (χ3n) is 2.92. The molecular weight excluding hydrogens is 232 g/mol. The van der Waals surface area contributed by atoms with Crippen LogP contribution in [0.15, 0.2) is 4.99 Å². The van der Waals surface area contributed by atoms with E-state index in [1.807, 2.05) is 6.21 Å². The number of carbonyl (C=O) groups excluding carboxylic acids is 1. The predicted molar refractivity (Wildman–Crippen MR) is 71.0 cm³/mol. The van der Waals surface area contributed by atoms with E-state index >= 15 is 0 Å². The van der Waals surface area contributed by atoms with Gasteiger partial charge >= 0.3 is 5.97 Å². The van der Waals surface area contributed by atoms with Gasteiger partial charge in [-0.25, -0.2) is 4.79 Å². The summed E-state index contributed by atoms with van der Waals surface area (Å²) in [5.41, 5.74) is -0.0559. The van der Waals surface area contributed by atoms with Crippen molar-refractivity contribution >= 4 is 12.2 Å². The van der Waals surface area contributed by atoms with Gasteiger partial charge in [-0.1, -0.05) is 13.8 Å². The zero-order valence-electron chi connectivity index (χ0n) is 11.8. The summed E-state index contributed by atoms with van der Waals surface area (Å²) in [5, 5.41) is 0. The molecule has 0 aliphatic carbocycles. The first-order chi connectivity index (χ1) is 8.44. The molecule has 0 radical (unpaired) electrons. The third kappa shape index (κ3) is 5.14. The number of aliphatic imine (C=N–C) groups is 1. The highest BCUT2D eigenvalue weighted by atomic mass is 16.5. The molecule has 1 unspecified atom stereocenters. The number of methoxy groups -OCH3 is 1. The molecule has 1 saturated heterocycles. The fraction of sp³-hybridized carbons (Fsp3) is 0.846. The molecule has 1 rings (SSSR count). The summed E-state index contributed by atoms with van der Waals surface area (Å²) in [4.78, 5) is 17.9. The highest BCUT2D eigenvalue weighted by Crippen LogP contribution is 2.15. The minimum absolute atomic E-state index is 0.0559. The first-order valence-corrected chi connectivity index (χ1v) is 6.37. The Morgan fingerprint density at radius 3 is 2.67 bits per heavy atom. The summed E-state index contributed by atoms with van der Waals surface area (Å²) >= 11 is 0. The first-order valence-electron chi connectivity index (χ1n) is 6.37. The molecule has 1 fully saturated rings. The molecule has 0 bridgehead atoms. The van der Waals surface area contributed by atoms with Gasteiger partial charge in [-0.05, 0) is 6.92 Å². The molecule has 0 N–H and O–H groups in total. The zero-order valence-corrected chi connectivity index (χ0v) is 11.8. The van der Waals surface area contributed by atoms with E-state index in [1.165, 1.54) is 7.11 Å². The van der Waals surface area contributed by atoms with Crippen LogP contribution in [0.1, 0.15) is 20.8 Å². The summed E-state index contributed by atoms with van der Waals surface area (Å²) in [6.45, 7) is 10.4. The zero-order chi connectivity index (χ0) is 13.6. The van der Waals surface area contributed by atoms with Crippen LogP contribution in [0.5, 0.6) is 0 Å². The maximum absolute atomic E-state index is 11.3. The van der Waals surface area contributed by atoms with Crippen molar-refractivity contribution in [2.75, 3.05) is 40.0 Å². The van der Waals surface area contributed by atoms with Gasteiger partial charge in [-0.15, -0.1) is 0 Å². The van der Waals surface area contributed by atoms with Gasteiger partial charge in [0, 0.05) is 31.3 Å². The van der Waals surface area contributed by atoms with Crippen LogP contribution in [0.3, 0.4) is 0 Å². The van der Waals surface area contributed by atoms with Crippen molar-refractivity contribution in [3.63, 3.8) is 0 Å². The molecule has 0 amide bonds. The van der Waals surface area contributed by atoms with E-state index in [-0.39, 0.29) is 11.4 Å². The molecule has 0 saturated carbocycles. The molecule has 5 heteroatoms. The van der Waals surface area contributed by atoms with Crippen molar-refractivity contribution in [1.29, 1.82) is 0 Å². The molecule has 0 aromatic rings. The van der Waals surface area contributed by atoms with Crippen LogP contribution in [0.2, 0.25) is 0 Å². The number of hydrogen-bond donors (Lipinski definition) is 0. The molecule has 1 aliphatic rings. The van der Waals surface area contributed by atoms with Crippen molar-refractivity contribution in [1.82, 2.24) is 4.90 Å². The Kier molecular flexibility index (Phi) is 5.75. The molecular formula is C13H24N2O3. The van der Waals surface area contributed by atoms with Gasteiger partial charge in [0.15, 0.2) is 0 Å². The number of carbonyl (C=O) groups is 1. The summed E-state index contributed by atoms with van der Waals surface area (Å²) in [6.07, 6.45) is 1.87. The molecule has 1 atom stereocenters. The lowest BCUT2D eigenvalue weighted by Gasteiger charge is -2.32.